The van der Waals surface area contributed by atoms with Gasteiger partial charge in [0.1, 0.15) is 0 Å². The second-order valence-electron chi connectivity index (χ2n) is 7.06. The van der Waals surface area contributed by atoms with Gasteiger partial charge in [0, 0.05) is 35.0 Å². The van der Waals surface area contributed by atoms with Gasteiger partial charge in [-0.25, -0.2) is 14.8 Å². The van der Waals surface area contributed by atoms with E-state index in [1.807, 2.05) is 90.3 Å². The molecule has 0 radical (unpaired) electrons. The number of carbonyl (C=O) groups is 1. The van der Waals surface area contributed by atoms with Crippen LogP contribution in [-0.4, -0.2) is 20.4 Å². The number of carbonyl (C=O) groups excluding carboxylic acids is 1. The molecule has 0 aliphatic carbocycles. The molecule has 0 fully saturated rings. The third-order valence-electron chi connectivity index (χ3n) is 5.04. The number of benzene rings is 3. The molecule has 0 saturated heterocycles. The zero-order valence-electron chi connectivity index (χ0n) is 16.3. The van der Waals surface area contributed by atoms with Crippen molar-refractivity contribution in [2.45, 2.75) is 6.92 Å². The molecule has 2 N–H and O–H groups in total. The lowest BCUT2D eigenvalue weighted by Crippen LogP contribution is -2.19. The van der Waals surface area contributed by atoms with E-state index in [0.717, 1.165) is 33.4 Å². The molecule has 30 heavy (non-hydrogen) atoms. The molecule has 5 aromatic rings. The highest BCUT2D eigenvalue weighted by Crippen LogP contribution is 2.26. The number of nitrogens with one attached hydrogen (secondary N) is 2. The Labute approximate surface area is 173 Å². The number of amides is 2. The van der Waals surface area contributed by atoms with Crippen LogP contribution in [-0.2, 0) is 0 Å². The van der Waals surface area contributed by atoms with Gasteiger partial charge in [-0.3, -0.25) is 4.40 Å². The maximum absolute atomic E-state index is 12.5. The van der Waals surface area contributed by atoms with Crippen molar-refractivity contribution in [3.63, 3.8) is 0 Å². The minimum Gasteiger partial charge on any atom is -0.308 e. The van der Waals surface area contributed by atoms with E-state index in [9.17, 15) is 4.79 Å². The summed E-state index contributed by atoms with van der Waals surface area (Å²) in [5.74, 6) is 0.650. The van der Waals surface area contributed by atoms with Crippen molar-refractivity contribution in [2.24, 2.45) is 0 Å². The van der Waals surface area contributed by atoms with Gasteiger partial charge in [0.05, 0.1) is 5.69 Å². The number of urea groups is 1. The number of fused-ring (bicyclic) bond motifs is 2. The van der Waals surface area contributed by atoms with Gasteiger partial charge < -0.3 is 10.6 Å². The van der Waals surface area contributed by atoms with E-state index in [2.05, 4.69) is 20.6 Å². The Balaban J connectivity index is 1.37. The van der Waals surface area contributed by atoms with E-state index >= 15 is 0 Å². The first kappa shape index (κ1) is 17.9. The van der Waals surface area contributed by atoms with Crippen molar-refractivity contribution in [1.29, 1.82) is 0 Å². The molecular formula is C24H19N5O. The summed E-state index contributed by atoms with van der Waals surface area (Å²) in [7, 11) is 0. The summed E-state index contributed by atoms with van der Waals surface area (Å²) in [5.41, 5.74) is 4.18. The summed E-state index contributed by atoms with van der Waals surface area (Å²) >= 11 is 0. The molecule has 0 unspecified atom stereocenters. The van der Waals surface area contributed by atoms with Gasteiger partial charge >= 0.3 is 6.03 Å². The molecule has 0 bridgehead atoms. The maximum Gasteiger partial charge on any atom is 0.323 e. The highest BCUT2D eigenvalue weighted by Gasteiger charge is 2.12. The van der Waals surface area contributed by atoms with Crippen LogP contribution in [0.5, 0.6) is 0 Å². The molecule has 0 spiro atoms. The summed E-state index contributed by atoms with van der Waals surface area (Å²) in [6, 6.07) is 23.1. The minimum atomic E-state index is -0.296. The summed E-state index contributed by atoms with van der Waals surface area (Å²) in [5, 5.41) is 8.01. The third kappa shape index (κ3) is 3.35. The Morgan fingerprint density at radius 1 is 0.867 bits per heavy atom. The van der Waals surface area contributed by atoms with Crippen molar-refractivity contribution in [2.75, 3.05) is 10.6 Å². The Morgan fingerprint density at radius 2 is 1.67 bits per heavy atom. The van der Waals surface area contributed by atoms with Gasteiger partial charge in [-0.05, 0) is 48.0 Å². The number of nitrogens with zero attached hydrogens (tertiary/aromatic N) is 3. The monoisotopic (exact) mass is 393 g/mol. The fraction of sp³-hybridized carbons (Fsp3) is 0.0417. The predicted molar refractivity (Wildman–Crippen MR) is 120 cm³/mol. The van der Waals surface area contributed by atoms with E-state index in [0.29, 0.717) is 11.5 Å². The predicted octanol–water partition coefficient (Wildman–Crippen LogP) is 5.50. The molecular weight excluding hydrogens is 374 g/mol. The summed E-state index contributed by atoms with van der Waals surface area (Å²) < 4.78 is 1.95. The normalized spacial score (nSPS) is 11.0. The molecule has 0 saturated carbocycles. The van der Waals surface area contributed by atoms with Gasteiger partial charge in [-0.1, -0.05) is 42.5 Å². The SMILES string of the molecule is Cc1c(-c2cccc(NC(=O)Nc3ccc4ccccc4c3)c2)nc2ncccn12. The van der Waals surface area contributed by atoms with Crippen molar-refractivity contribution in [1.82, 2.24) is 14.4 Å². The van der Waals surface area contributed by atoms with Crippen LogP contribution in [0.25, 0.3) is 27.8 Å². The Morgan fingerprint density at radius 3 is 2.50 bits per heavy atom. The highest BCUT2D eigenvalue weighted by molar-refractivity contribution is 6.01. The average Bonchev–Trinajstić information content (AvgIpc) is 3.10. The fourth-order valence-electron chi connectivity index (χ4n) is 3.58. The molecule has 0 atom stereocenters. The summed E-state index contributed by atoms with van der Waals surface area (Å²) in [6.07, 6.45) is 3.66. The van der Waals surface area contributed by atoms with E-state index in [1.54, 1.807) is 6.20 Å². The standard InChI is InChI=1S/C24H19N5O/c1-16-22(28-23-25-12-5-13-29(16)23)19-8-4-9-20(15-19)26-24(30)27-21-11-10-17-6-2-3-7-18(17)14-21/h2-15H,1H3,(H2,26,27,30). The van der Waals surface area contributed by atoms with Crippen LogP contribution in [0.2, 0.25) is 0 Å². The van der Waals surface area contributed by atoms with Crippen LogP contribution >= 0.6 is 0 Å². The molecule has 2 aromatic heterocycles. The van der Waals surface area contributed by atoms with Crippen LogP contribution in [0.1, 0.15) is 5.69 Å². The van der Waals surface area contributed by atoms with Crippen LogP contribution in [0, 0.1) is 6.92 Å². The number of hydrogen-bond acceptors (Lipinski definition) is 3. The van der Waals surface area contributed by atoms with E-state index < -0.39 is 0 Å². The second-order valence-corrected chi connectivity index (χ2v) is 7.06. The van der Waals surface area contributed by atoms with Crippen molar-refractivity contribution >= 4 is 34.0 Å². The van der Waals surface area contributed by atoms with E-state index in [-0.39, 0.29) is 6.03 Å². The minimum absolute atomic E-state index is 0.296. The quantitative estimate of drug-likeness (QED) is 0.425. The Hall–Kier alpha value is -4.19. The molecule has 0 aliphatic rings. The van der Waals surface area contributed by atoms with Crippen LogP contribution in [0.15, 0.2) is 85.2 Å². The molecule has 2 amide bonds. The highest BCUT2D eigenvalue weighted by atomic mass is 16.2. The number of hydrogen-bond donors (Lipinski definition) is 2. The number of aryl methyl sites for hydroxylation is 1. The van der Waals surface area contributed by atoms with Crippen molar-refractivity contribution in [3.8, 4) is 11.3 Å². The number of imidazole rings is 1. The molecule has 5 rings (SSSR count). The topological polar surface area (TPSA) is 71.3 Å². The van der Waals surface area contributed by atoms with E-state index in [4.69, 9.17) is 0 Å². The first-order valence-corrected chi connectivity index (χ1v) is 9.64. The lowest BCUT2D eigenvalue weighted by atomic mass is 10.1. The second kappa shape index (κ2) is 7.33. The molecule has 6 heteroatoms. The van der Waals surface area contributed by atoms with Gasteiger partial charge in [0.15, 0.2) is 0 Å². The van der Waals surface area contributed by atoms with Gasteiger partial charge in [0.25, 0.3) is 0 Å². The van der Waals surface area contributed by atoms with E-state index in [1.165, 1.54) is 0 Å². The lowest BCUT2D eigenvalue weighted by molar-refractivity contribution is 0.262. The zero-order valence-corrected chi connectivity index (χ0v) is 16.3. The number of aromatic nitrogens is 3. The molecule has 146 valence electrons. The first-order chi connectivity index (χ1) is 14.7. The van der Waals surface area contributed by atoms with Gasteiger partial charge in [-0.15, -0.1) is 0 Å². The van der Waals surface area contributed by atoms with Crippen molar-refractivity contribution < 1.29 is 4.79 Å². The molecule has 0 aliphatic heterocycles. The van der Waals surface area contributed by atoms with Gasteiger partial charge in [0.2, 0.25) is 5.78 Å². The summed E-state index contributed by atoms with van der Waals surface area (Å²) in [6.45, 7) is 2.00. The fourth-order valence-corrected chi connectivity index (χ4v) is 3.58. The number of rotatable bonds is 3. The molecule has 2 heterocycles. The van der Waals surface area contributed by atoms with Crippen LogP contribution < -0.4 is 10.6 Å². The largest absolute Gasteiger partial charge is 0.323 e. The number of anilines is 2. The lowest BCUT2D eigenvalue weighted by Gasteiger charge is -2.10. The van der Waals surface area contributed by atoms with Gasteiger partial charge in [-0.2, -0.15) is 0 Å². The van der Waals surface area contributed by atoms with Crippen LogP contribution in [0.3, 0.4) is 0 Å². The van der Waals surface area contributed by atoms with Crippen molar-refractivity contribution in [3.05, 3.63) is 90.9 Å². The maximum atomic E-state index is 12.5. The Kier molecular flexibility index (Phi) is 4.37. The van der Waals surface area contributed by atoms with Crippen LogP contribution in [0.4, 0.5) is 16.2 Å². The average molecular weight is 393 g/mol. The third-order valence-corrected chi connectivity index (χ3v) is 5.04. The molecule has 6 nitrogen and oxygen atoms in total. The zero-order chi connectivity index (χ0) is 20.5. The molecule has 3 aromatic carbocycles. The smallest absolute Gasteiger partial charge is 0.308 e. The Bertz CT molecular complexity index is 1390. The summed E-state index contributed by atoms with van der Waals surface area (Å²) in [4.78, 5) is 21.4. The first-order valence-electron chi connectivity index (χ1n) is 9.64.